The number of aromatic nitrogens is 1. The van der Waals surface area contributed by atoms with Crippen LogP contribution in [0.2, 0.25) is 0 Å². The summed E-state index contributed by atoms with van der Waals surface area (Å²) in [6, 6.07) is 9.16. The molecule has 0 saturated heterocycles. The molecule has 0 saturated carbocycles. The zero-order valence-electron chi connectivity index (χ0n) is 11.4. The van der Waals surface area contributed by atoms with Crippen LogP contribution < -0.4 is 5.32 Å². The first-order chi connectivity index (χ1) is 8.72. The van der Waals surface area contributed by atoms with E-state index in [9.17, 15) is 0 Å². The van der Waals surface area contributed by atoms with Gasteiger partial charge in [0.15, 0.2) is 0 Å². The summed E-state index contributed by atoms with van der Waals surface area (Å²) in [5.74, 6) is 2.38. The zero-order chi connectivity index (χ0) is 13.0. The van der Waals surface area contributed by atoms with Crippen molar-refractivity contribution in [3.05, 3.63) is 36.0 Å². The van der Waals surface area contributed by atoms with Crippen LogP contribution >= 0.6 is 11.8 Å². The molecule has 0 fully saturated rings. The first kappa shape index (κ1) is 13.5. The van der Waals surface area contributed by atoms with E-state index in [1.807, 2.05) is 11.8 Å². The smallest absolute Gasteiger partial charge is 0.0481 e. The Labute approximate surface area is 114 Å². The van der Waals surface area contributed by atoms with E-state index in [-0.39, 0.29) is 0 Å². The average Bonchev–Trinajstić information content (AvgIpc) is 2.71. The quantitative estimate of drug-likeness (QED) is 0.859. The van der Waals surface area contributed by atoms with Crippen molar-refractivity contribution in [2.24, 2.45) is 7.05 Å². The van der Waals surface area contributed by atoms with Crippen LogP contribution in [0.3, 0.4) is 0 Å². The fourth-order valence-corrected chi connectivity index (χ4v) is 2.91. The van der Waals surface area contributed by atoms with E-state index >= 15 is 0 Å². The van der Waals surface area contributed by atoms with Gasteiger partial charge in [-0.2, -0.15) is 11.8 Å². The Balaban J connectivity index is 2.03. The Morgan fingerprint density at radius 3 is 2.89 bits per heavy atom. The molecule has 1 aromatic heterocycles. The summed E-state index contributed by atoms with van der Waals surface area (Å²) in [4.78, 5) is 0. The van der Waals surface area contributed by atoms with Gasteiger partial charge in [-0.05, 0) is 24.3 Å². The lowest BCUT2D eigenvalue weighted by atomic mass is 10.2. The largest absolute Gasteiger partial charge is 0.350 e. The van der Waals surface area contributed by atoms with Gasteiger partial charge in [-0.3, -0.25) is 0 Å². The minimum Gasteiger partial charge on any atom is -0.350 e. The second kappa shape index (κ2) is 6.30. The van der Waals surface area contributed by atoms with Gasteiger partial charge in [-0.1, -0.05) is 25.1 Å². The molecule has 2 aromatic rings. The van der Waals surface area contributed by atoms with Gasteiger partial charge in [0.1, 0.15) is 0 Å². The first-order valence-corrected chi connectivity index (χ1v) is 7.72. The summed E-state index contributed by atoms with van der Waals surface area (Å²) in [7, 11) is 2.11. The SMILES string of the molecule is CCSCC(C)NCc1cn(C)c2ccccc12. The first-order valence-electron chi connectivity index (χ1n) is 6.56. The van der Waals surface area contributed by atoms with Gasteiger partial charge in [0.05, 0.1) is 0 Å². The van der Waals surface area contributed by atoms with Crippen LogP contribution in [0.25, 0.3) is 10.9 Å². The predicted octanol–water partition coefficient (Wildman–Crippen LogP) is 3.41. The van der Waals surface area contributed by atoms with E-state index in [0.717, 1.165) is 6.54 Å². The number of thioether (sulfide) groups is 1. The molecule has 0 amide bonds. The number of hydrogen-bond acceptors (Lipinski definition) is 2. The summed E-state index contributed by atoms with van der Waals surface area (Å²) < 4.78 is 2.21. The topological polar surface area (TPSA) is 17.0 Å². The van der Waals surface area contributed by atoms with Crippen LogP contribution in [0.1, 0.15) is 19.4 Å². The van der Waals surface area contributed by atoms with E-state index in [2.05, 4.69) is 61.2 Å². The van der Waals surface area contributed by atoms with Crippen LogP contribution in [0.15, 0.2) is 30.5 Å². The minimum atomic E-state index is 0.564. The fraction of sp³-hybridized carbons (Fsp3) is 0.467. The van der Waals surface area contributed by atoms with E-state index < -0.39 is 0 Å². The second-order valence-corrected chi connectivity index (χ2v) is 6.04. The molecule has 18 heavy (non-hydrogen) atoms. The van der Waals surface area contributed by atoms with Gasteiger partial charge in [-0.15, -0.1) is 0 Å². The highest BCUT2D eigenvalue weighted by Gasteiger charge is 2.07. The van der Waals surface area contributed by atoms with Crippen molar-refractivity contribution < 1.29 is 0 Å². The highest BCUT2D eigenvalue weighted by Crippen LogP contribution is 2.20. The summed E-state index contributed by atoms with van der Waals surface area (Å²) in [6.07, 6.45) is 2.23. The van der Waals surface area contributed by atoms with Gasteiger partial charge >= 0.3 is 0 Å². The highest BCUT2D eigenvalue weighted by molar-refractivity contribution is 7.99. The summed E-state index contributed by atoms with van der Waals surface area (Å²) in [5.41, 5.74) is 2.70. The summed E-state index contributed by atoms with van der Waals surface area (Å²) in [5, 5.41) is 4.97. The molecule has 0 aliphatic carbocycles. The van der Waals surface area contributed by atoms with Crippen LogP contribution in [-0.2, 0) is 13.6 Å². The van der Waals surface area contributed by atoms with Crippen molar-refractivity contribution in [2.75, 3.05) is 11.5 Å². The fourth-order valence-electron chi connectivity index (χ4n) is 2.20. The number of aryl methyl sites for hydroxylation is 1. The monoisotopic (exact) mass is 262 g/mol. The molecule has 1 N–H and O–H groups in total. The van der Waals surface area contributed by atoms with E-state index in [1.165, 1.54) is 28.0 Å². The molecule has 0 radical (unpaired) electrons. The normalized spacial score (nSPS) is 13.1. The van der Waals surface area contributed by atoms with Crippen molar-refractivity contribution in [2.45, 2.75) is 26.4 Å². The molecule has 0 spiro atoms. The number of rotatable bonds is 6. The number of para-hydroxylation sites is 1. The molecule has 98 valence electrons. The maximum Gasteiger partial charge on any atom is 0.0481 e. The van der Waals surface area contributed by atoms with Crippen LogP contribution in [-0.4, -0.2) is 22.1 Å². The van der Waals surface area contributed by atoms with Gasteiger partial charge in [-0.25, -0.2) is 0 Å². The van der Waals surface area contributed by atoms with Crippen molar-refractivity contribution in [1.29, 1.82) is 0 Å². The van der Waals surface area contributed by atoms with Crippen molar-refractivity contribution in [1.82, 2.24) is 9.88 Å². The van der Waals surface area contributed by atoms with Crippen LogP contribution in [0.4, 0.5) is 0 Å². The Hall–Kier alpha value is -0.930. The van der Waals surface area contributed by atoms with Crippen molar-refractivity contribution >= 4 is 22.7 Å². The second-order valence-electron chi connectivity index (χ2n) is 4.72. The summed E-state index contributed by atoms with van der Waals surface area (Å²) in [6.45, 7) is 5.42. The minimum absolute atomic E-state index is 0.564. The Bertz CT molecular complexity index is 504. The van der Waals surface area contributed by atoms with Gasteiger partial charge in [0, 0.05) is 42.5 Å². The highest BCUT2D eigenvalue weighted by atomic mass is 32.2. The molecule has 1 atom stereocenters. The number of hydrogen-bond donors (Lipinski definition) is 1. The molecule has 0 bridgehead atoms. The van der Waals surface area contributed by atoms with E-state index in [1.54, 1.807) is 0 Å². The molecule has 1 heterocycles. The number of fused-ring (bicyclic) bond motifs is 1. The van der Waals surface area contributed by atoms with Crippen molar-refractivity contribution in [3.63, 3.8) is 0 Å². The lowest BCUT2D eigenvalue weighted by molar-refractivity contribution is 0.597. The van der Waals surface area contributed by atoms with Crippen molar-refractivity contribution in [3.8, 4) is 0 Å². The van der Waals surface area contributed by atoms with Crippen LogP contribution in [0, 0.1) is 0 Å². The van der Waals surface area contributed by atoms with Gasteiger partial charge in [0.2, 0.25) is 0 Å². The standard InChI is InChI=1S/C15H22N2S/c1-4-18-11-12(2)16-9-13-10-17(3)15-8-6-5-7-14(13)15/h5-8,10,12,16H,4,9,11H2,1-3H3. The molecular weight excluding hydrogens is 240 g/mol. The molecule has 2 rings (SSSR count). The van der Waals surface area contributed by atoms with E-state index in [4.69, 9.17) is 0 Å². The maximum absolute atomic E-state index is 3.61. The Kier molecular flexibility index (Phi) is 4.72. The van der Waals surface area contributed by atoms with E-state index in [0.29, 0.717) is 6.04 Å². The lowest BCUT2D eigenvalue weighted by Gasteiger charge is -2.12. The molecular formula is C15H22N2S. The zero-order valence-corrected chi connectivity index (χ0v) is 12.3. The third kappa shape index (κ3) is 3.09. The van der Waals surface area contributed by atoms with Gasteiger partial charge < -0.3 is 9.88 Å². The Morgan fingerprint density at radius 1 is 1.33 bits per heavy atom. The summed E-state index contributed by atoms with van der Waals surface area (Å²) >= 11 is 1.99. The average molecular weight is 262 g/mol. The molecule has 0 aliphatic heterocycles. The molecule has 1 aromatic carbocycles. The lowest BCUT2D eigenvalue weighted by Crippen LogP contribution is -2.27. The third-order valence-electron chi connectivity index (χ3n) is 3.19. The number of benzene rings is 1. The molecule has 0 aliphatic rings. The number of nitrogens with one attached hydrogen (secondary N) is 1. The predicted molar refractivity (Wildman–Crippen MR) is 82.2 cm³/mol. The Morgan fingerprint density at radius 2 is 2.11 bits per heavy atom. The number of nitrogens with zero attached hydrogens (tertiary/aromatic N) is 1. The molecule has 1 unspecified atom stereocenters. The van der Waals surface area contributed by atoms with Gasteiger partial charge in [0.25, 0.3) is 0 Å². The molecule has 3 heteroatoms. The third-order valence-corrected chi connectivity index (χ3v) is 4.34. The van der Waals surface area contributed by atoms with Crippen LogP contribution in [0.5, 0.6) is 0 Å². The maximum atomic E-state index is 3.61. The molecule has 2 nitrogen and oxygen atoms in total.